The fourth-order valence-electron chi connectivity index (χ4n) is 2.57. The normalized spacial score (nSPS) is 15.5. The molecule has 1 amide bonds. The molecule has 0 aliphatic heterocycles. The van der Waals surface area contributed by atoms with E-state index < -0.39 is 5.41 Å². The van der Waals surface area contributed by atoms with Gasteiger partial charge in [-0.3, -0.25) is 9.59 Å². The summed E-state index contributed by atoms with van der Waals surface area (Å²) in [6, 6.07) is 1.81. The number of anilines is 1. The largest absolute Gasteiger partial charge is 0.302 e. The summed E-state index contributed by atoms with van der Waals surface area (Å²) in [5.41, 5.74) is 0.188. The highest BCUT2D eigenvalue weighted by atomic mass is 79.9. The van der Waals surface area contributed by atoms with Gasteiger partial charge in [-0.1, -0.05) is 20.3 Å². The molecule has 1 fully saturated rings. The minimum atomic E-state index is -0.473. The number of hydrogen-bond acceptors (Lipinski definition) is 5. The third-order valence-electron chi connectivity index (χ3n) is 4.45. The van der Waals surface area contributed by atoms with Crippen molar-refractivity contribution in [2.24, 2.45) is 11.3 Å². The summed E-state index contributed by atoms with van der Waals surface area (Å²) in [7, 11) is 0. The van der Waals surface area contributed by atoms with Gasteiger partial charge in [0.1, 0.15) is 0 Å². The van der Waals surface area contributed by atoms with Gasteiger partial charge in [-0.15, -0.1) is 0 Å². The lowest BCUT2D eigenvalue weighted by Crippen LogP contribution is -2.46. The number of aryl methyl sites for hydroxylation is 1. The highest BCUT2D eigenvalue weighted by molar-refractivity contribution is 9.10. The van der Waals surface area contributed by atoms with Gasteiger partial charge >= 0.3 is 0 Å². The second-order valence-electron chi connectivity index (χ2n) is 6.48. The van der Waals surface area contributed by atoms with E-state index in [4.69, 9.17) is 5.84 Å². The lowest BCUT2D eigenvalue weighted by Gasteiger charge is -2.20. The Morgan fingerprint density at radius 1 is 1.50 bits per heavy atom. The molecule has 3 rings (SSSR count). The molecule has 128 valence electrons. The molecule has 1 saturated carbocycles. The summed E-state index contributed by atoms with van der Waals surface area (Å²) >= 11 is 3.37. The molecule has 2 aromatic heterocycles. The summed E-state index contributed by atoms with van der Waals surface area (Å²) in [6.45, 7) is 4.43. The van der Waals surface area contributed by atoms with Gasteiger partial charge in [0.25, 0.3) is 5.56 Å². The quantitative estimate of drug-likeness (QED) is 0.477. The molecule has 1 aliphatic rings. The van der Waals surface area contributed by atoms with Crippen molar-refractivity contribution in [3.63, 3.8) is 0 Å². The van der Waals surface area contributed by atoms with E-state index in [1.165, 1.54) is 0 Å². The number of carbonyl (C=O) groups is 1. The van der Waals surface area contributed by atoms with E-state index in [-0.39, 0.29) is 17.3 Å². The van der Waals surface area contributed by atoms with Gasteiger partial charge < -0.3 is 4.57 Å². The van der Waals surface area contributed by atoms with Gasteiger partial charge in [0.05, 0.1) is 5.52 Å². The van der Waals surface area contributed by atoms with Crippen molar-refractivity contribution in [1.82, 2.24) is 14.5 Å². The van der Waals surface area contributed by atoms with Gasteiger partial charge in [0.2, 0.25) is 11.7 Å². The van der Waals surface area contributed by atoms with Crippen molar-refractivity contribution in [2.75, 3.05) is 5.01 Å². The summed E-state index contributed by atoms with van der Waals surface area (Å²) in [5, 5.41) is 0.904. The van der Waals surface area contributed by atoms with Crippen LogP contribution in [0, 0.1) is 5.41 Å². The van der Waals surface area contributed by atoms with E-state index in [2.05, 4.69) is 32.8 Å². The second-order valence-corrected chi connectivity index (χ2v) is 7.39. The fourth-order valence-corrected chi connectivity index (χ4v) is 2.89. The van der Waals surface area contributed by atoms with Crippen LogP contribution in [-0.4, -0.2) is 20.4 Å². The summed E-state index contributed by atoms with van der Waals surface area (Å²) in [5.74, 6) is 5.62. The zero-order valence-electron chi connectivity index (χ0n) is 13.8. The molecule has 0 atom stereocenters. The van der Waals surface area contributed by atoms with Crippen LogP contribution >= 0.6 is 15.9 Å². The minimum Gasteiger partial charge on any atom is -0.302 e. The molecule has 8 heteroatoms. The first-order chi connectivity index (χ1) is 11.4. The number of fused-ring (bicyclic) bond motifs is 1. The molecule has 2 aromatic rings. The SMILES string of the molecule is CCCCn1c(=O)c(N(N)C(=O)C2(C)CC2)nc2ncc(Br)cc21. The van der Waals surface area contributed by atoms with E-state index in [1.54, 1.807) is 16.8 Å². The average molecular weight is 394 g/mol. The summed E-state index contributed by atoms with van der Waals surface area (Å²) < 4.78 is 2.36. The van der Waals surface area contributed by atoms with Gasteiger partial charge in [0.15, 0.2) is 5.65 Å². The molecule has 0 unspecified atom stereocenters. The number of rotatable bonds is 5. The van der Waals surface area contributed by atoms with Crippen molar-refractivity contribution < 1.29 is 4.79 Å². The molecule has 0 spiro atoms. The molecule has 2 heterocycles. The molecular weight excluding hydrogens is 374 g/mol. The van der Waals surface area contributed by atoms with Crippen LogP contribution in [0.15, 0.2) is 21.5 Å². The van der Waals surface area contributed by atoms with E-state index in [1.807, 2.05) is 6.92 Å². The van der Waals surface area contributed by atoms with Crippen molar-refractivity contribution in [1.29, 1.82) is 0 Å². The molecule has 0 aromatic carbocycles. The predicted molar refractivity (Wildman–Crippen MR) is 95.4 cm³/mol. The Morgan fingerprint density at radius 3 is 2.83 bits per heavy atom. The van der Waals surface area contributed by atoms with Gasteiger partial charge in [-0.2, -0.15) is 0 Å². The number of carbonyl (C=O) groups excluding carboxylic acids is 1. The maximum absolute atomic E-state index is 12.9. The Hall–Kier alpha value is -1.80. The van der Waals surface area contributed by atoms with Crippen LogP contribution in [0.3, 0.4) is 0 Å². The number of amides is 1. The molecule has 24 heavy (non-hydrogen) atoms. The van der Waals surface area contributed by atoms with Crippen LogP contribution in [0.4, 0.5) is 5.82 Å². The Balaban J connectivity index is 2.14. The highest BCUT2D eigenvalue weighted by Gasteiger charge is 2.47. The number of aromatic nitrogens is 3. The maximum atomic E-state index is 12.9. The Morgan fingerprint density at radius 2 is 2.21 bits per heavy atom. The van der Waals surface area contributed by atoms with Crippen molar-refractivity contribution in [2.45, 2.75) is 46.1 Å². The third kappa shape index (κ3) is 2.95. The van der Waals surface area contributed by atoms with Crippen molar-refractivity contribution >= 4 is 38.8 Å². The molecule has 0 saturated heterocycles. The third-order valence-corrected chi connectivity index (χ3v) is 4.89. The lowest BCUT2D eigenvalue weighted by molar-refractivity contribution is -0.123. The fraction of sp³-hybridized carbons (Fsp3) is 0.500. The Kier molecular flexibility index (Phi) is 4.44. The first-order valence-corrected chi connectivity index (χ1v) is 8.82. The summed E-state index contributed by atoms with van der Waals surface area (Å²) in [4.78, 5) is 33.9. The molecule has 7 nitrogen and oxygen atoms in total. The van der Waals surface area contributed by atoms with E-state index >= 15 is 0 Å². The first-order valence-electron chi connectivity index (χ1n) is 8.03. The van der Waals surface area contributed by atoms with E-state index in [0.29, 0.717) is 17.7 Å². The van der Waals surface area contributed by atoms with Crippen LogP contribution in [0.25, 0.3) is 11.2 Å². The predicted octanol–water partition coefficient (Wildman–Crippen LogP) is 2.36. The first kappa shape index (κ1) is 17.0. The van der Waals surface area contributed by atoms with Gasteiger partial charge in [0, 0.05) is 22.6 Å². The number of nitrogens with two attached hydrogens (primary N) is 1. The Bertz CT molecular complexity index is 859. The van der Waals surface area contributed by atoms with Gasteiger partial charge in [-0.05, 0) is 41.3 Å². The topological polar surface area (TPSA) is 94.1 Å². The Labute approximate surface area is 148 Å². The number of hydrazine groups is 1. The van der Waals surface area contributed by atoms with Crippen LogP contribution in [0.5, 0.6) is 0 Å². The molecule has 1 aliphatic carbocycles. The number of pyridine rings is 1. The average Bonchev–Trinajstić information content (AvgIpc) is 3.31. The molecule has 2 N–H and O–H groups in total. The second kappa shape index (κ2) is 6.25. The van der Waals surface area contributed by atoms with Gasteiger partial charge in [-0.25, -0.2) is 20.8 Å². The summed E-state index contributed by atoms with van der Waals surface area (Å²) in [6.07, 6.45) is 4.95. The zero-order chi connectivity index (χ0) is 17.5. The smallest absolute Gasteiger partial charge is 0.295 e. The molecule has 0 radical (unpaired) electrons. The monoisotopic (exact) mass is 393 g/mol. The zero-order valence-corrected chi connectivity index (χ0v) is 15.3. The molecule has 0 bridgehead atoms. The van der Waals surface area contributed by atoms with E-state index in [9.17, 15) is 9.59 Å². The maximum Gasteiger partial charge on any atom is 0.295 e. The van der Waals surface area contributed by atoms with Crippen molar-refractivity contribution in [3.8, 4) is 0 Å². The number of nitrogens with zero attached hydrogens (tertiary/aromatic N) is 4. The lowest BCUT2D eigenvalue weighted by atomic mass is 10.1. The van der Waals surface area contributed by atoms with Crippen LogP contribution in [0.1, 0.15) is 39.5 Å². The number of halogens is 1. The number of unbranched alkanes of at least 4 members (excludes halogenated alkanes) is 1. The van der Waals surface area contributed by atoms with Crippen LogP contribution in [0.2, 0.25) is 0 Å². The standard InChI is InChI=1S/C16H20BrN5O2/c1-3-4-7-21-11-8-10(17)9-19-12(11)20-13(14(21)23)22(18)15(24)16(2)5-6-16/h8-9H,3-7,18H2,1-2H3. The van der Waals surface area contributed by atoms with Crippen LogP contribution in [-0.2, 0) is 11.3 Å². The minimum absolute atomic E-state index is 0.0634. The highest BCUT2D eigenvalue weighted by Crippen LogP contribution is 2.46. The van der Waals surface area contributed by atoms with Crippen molar-refractivity contribution in [3.05, 3.63) is 27.1 Å². The number of hydrogen-bond donors (Lipinski definition) is 1. The van der Waals surface area contributed by atoms with Crippen LogP contribution < -0.4 is 16.4 Å². The van der Waals surface area contributed by atoms with E-state index in [0.717, 1.165) is 35.2 Å². The molecular formula is C16H20BrN5O2.